The molecule has 0 aromatic heterocycles. The lowest BCUT2D eigenvalue weighted by Gasteiger charge is -2.15. The van der Waals surface area contributed by atoms with Gasteiger partial charge in [-0.05, 0) is 62.2 Å². The largest absolute Gasteiger partial charge is 0.490 e. The summed E-state index contributed by atoms with van der Waals surface area (Å²) in [7, 11) is 0. The maximum Gasteiger partial charge on any atom is 0.338 e. The molecule has 0 fully saturated rings. The molecule has 0 bridgehead atoms. The van der Waals surface area contributed by atoms with Crippen LogP contribution in [0, 0.1) is 13.8 Å². The van der Waals surface area contributed by atoms with Crippen molar-refractivity contribution < 1.29 is 19.1 Å². The number of hydrogen-bond acceptors (Lipinski definition) is 4. The van der Waals surface area contributed by atoms with Gasteiger partial charge in [0.2, 0.25) is 0 Å². The summed E-state index contributed by atoms with van der Waals surface area (Å²) in [5.41, 5.74) is 3.04. The van der Waals surface area contributed by atoms with Gasteiger partial charge in [0.15, 0.2) is 6.10 Å². The lowest BCUT2D eigenvalue weighted by Crippen LogP contribution is -2.30. The van der Waals surface area contributed by atoms with Crippen LogP contribution in [0.1, 0.15) is 28.4 Å². The maximum atomic E-state index is 12.3. The van der Waals surface area contributed by atoms with Crippen LogP contribution in [-0.4, -0.2) is 24.6 Å². The molecule has 2 aromatic rings. The fraction of sp³-hybridized carbons (Fsp3) is 0.238. The number of benzene rings is 2. The summed E-state index contributed by atoms with van der Waals surface area (Å²) in [4.78, 5) is 24.5. The third-order valence-corrected chi connectivity index (χ3v) is 3.76. The molecule has 0 saturated heterocycles. The van der Waals surface area contributed by atoms with Crippen LogP contribution in [-0.2, 0) is 9.53 Å². The van der Waals surface area contributed by atoms with Gasteiger partial charge in [0.05, 0.1) is 5.56 Å². The van der Waals surface area contributed by atoms with E-state index in [0.29, 0.717) is 23.6 Å². The number of esters is 1. The summed E-state index contributed by atoms with van der Waals surface area (Å²) < 4.78 is 10.6. The van der Waals surface area contributed by atoms with Gasteiger partial charge < -0.3 is 14.8 Å². The zero-order valence-corrected chi connectivity index (χ0v) is 15.2. The molecule has 0 radical (unpaired) electrons. The van der Waals surface area contributed by atoms with Gasteiger partial charge in [0.25, 0.3) is 5.91 Å². The van der Waals surface area contributed by atoms with Crippen LogP contribution in [0.4, 0.5) is 5.69 Å². The molecule has 2 rings (SSSR count). The van der Waals surface area contributed by atoms with Gasteiger partial charge in [-0.25, -0.2) is 4.79 Å². The Balaban J connectivity index is 1.96. The van der Waals surface area contributed by atoms with Crippen molar-refractivity contribution in [1.82, 2.24) is 0 Å². The Morgan fingerprint density at radius 3 is 2.50 bits per heavy atom. The number of rotatable bonds is 7. The van der Waals surface area contributed by atoms with E-state index in [0.717, 1.165) is 11.1 Å². The molecule has 5 heteroatoms. The monoisotopic (exact) mass is 353 g/mol. The minimum absolute atomic E-state index is 0.349. The summed E-state index contributed by atoms with van der Waals surface area (Å²) in [6.45, 7) is 9.35. The van der Waals surface area contributed by atoms with E-state index in [-0.39, 0.29) is 5.91 Å². The first kappa shape index (κ1) is 19.2. The second-order valence-electron chi connectivity index (χ2n) is 5.98. The molecular weight excluding hydrogens is 330 g/mol. The Morgan fingerprint density at radius 2 is 1.85 bits per heavy atom. The van der Waals surface area contributed by atoms with Gasteiger partial charge in [-0.1, -0.05) is 24.8 Å². The van der Waals surface area contributed by atoms with Gasteiger partial charge in [0.1, 0.15) is 12.4 Å². The van der Waals surface area contributed by atoms with Crippen molar-refractivity contribution in [1.29, 1.82) is 0 Å². The number of amides is 1. The van der Waals surface area contributed by atoms with E-state index in [1.165, 1.54) is 0 Å². The van der Waals surface area contributed by atoms with E-state index in [1.54, 1.807) is 37.3 Å². The number of hydrogen-bond donors (Lipinski definition) is 1. The van der Waals surface area contributed by atoms with Crippen LogP contribution in [0.3, 0.4) is 0 Å². The molecule has 136 valence electrons. The molecule has 26 heavy (non-hydrogen) atoms. The summed E-state index contributed by atoms with van der Waals surface area (Å²) in [5, 5.41) is 2.79. The lowest BCUT2D eigenvalue weighted by molar-refractivity contribution is -0.123. The third-order valence-electron chi connectivity index (χ3n) is 3.76. The predicted octanol–water partition coefficient (Wildman–Crippen LogP) is 4.05. The molecule has 0 heterocycles. The number of carbonyl (C=O) groups is 2. The Hall–Kier alpha value is -3.08. The van der Waals surface area contributed by atoms with E-state index in [9.17, 15) is 9.59 Å². The first-order valence-corrected chi connectivity index (χ1v) is 8.33. The number of aryl methyl sites for hydroxylation is 2. The normalized spacial score (nSPS) is 11.3. The van der Waals surface area contributed by atoms with E-state index in [4.69, 9.17) is 9.47 Å². The van der Waals surface area contributed by atoms with Gasteiger partial charge in [-0.15, -0.1) is 0 Å². The highest BCUT2D eigenvalue weighted by Crippen LogP contribution is 2.17. The molecule has 0 spiro atoms. The molecule has 1 amide bonds. The predicted molar refractivity (Wildman–Crippen MR) is 102 cm³/mol. The topological polar surface area (TPSA) is 64.6 Å². The zero-order valence-electron chi connectivity index (χ0n) is 15.2. The van der Waals surface area contributed by atoms with E-state index in [1.807, 2.05) is 32.0 Å². The zero-order chi connectivity index (χ0) is 19.1. The molecule has 5 nitrogen and oxygen atoms in total. The van der Waals surface area contributed by atoms with E-state index >= 15 is 0 Å². The third kappa shape index (κ3) is 5.21. The number of nitrogens with one attached hydrogen (secondary N) is 1. The molecule has 0 aliphatic carbocycles. The minimum Gasteiger partial charge on any atom is -0.490 e. The number of anilines is 1. The fourth-order valence-corrected chi connectivity index (χ4v) is 2.23. The summed E-state index contributed by atoms with van der Waals surface area (Å²) in [5.74, 6) is -0.316. The minimum atomic E-state index is -0.917. The Bertz CT molecular complexity index is 796. The van der Waals surface area contributed by atoms with Crippen molar-refractivity contribution in [2.75, 3.05) is 11.9 Å². The van der Waals surface area contributed by atoms with Crippen molar-refractivity contribution in [3.8, 4) is 5.75 Å². The van der Waals surface area contributed by atoms with Crippen LogP contribution in [0.5, 0.6) is 5.75 Å². The van der Waals surface area contributed by atoms with Crippen molar-refractivity contribution in [2.45, 2.75) is 26.9 Å². The van der Waals surface area contributed by atoms with Crippen LogP contribution >= 0.6 is 0 Å². The van der Waals surface area contributed by atoms with E-state index < -0.39 is 12.1 Å². The smallest absolute Gasteiger partial charge is 0.338 e. The highest BCUT2D eigenvalue weighted by atomic mass is 16.5. The summed E-state index contributed by atoms with van der Waals surface area (Å²) in [6.07, 6.45) is 0.720. The van der Waals surface area contributed by atoms with Crippen molar-refractivity contribution in [3.63, 3.8) is 0 Å². The Kier molecular flexibility index (Phi) is 6.55. The second-order valence-corrected chi connectivity index (χ2v) is 5.98. The van der Waals surface area contributed by atoms with Gasteiger partial charge in [-0.2, -0.15) is 0 Å². The average Bonchev–Trinajstić information content (AvgIpc) is 2.63. The van der Waals surface area contributed by atoms with Crippen LogP contribution in [0.15, 0.2) is 55.1 Å². The van der Waals surface area contributed by atoms with Crippen molar-refractivity contribution in [3.05, 3.63) is 71.8 Å². The number of carbonyl (C=O) groups excluding carboxylic acids is 2. The average molecular weight is 353 g/mol. The summed E-state index contributed by atoms with van der Waals surface area (Å²) in [6, 6.07) is 12.3. The van der Waals surface area contributed by atoms with E-state index in [2.05, 4.69) is 11.9 Å². The molecular formula is C21H23NO4. The molecule has 0 aliphatic rings. The van der Waals surface area contributed by atoms with Gasteiger partial charge >= 0.3 is 5.97 Å². The molecule has 0 saturated carbocycles. The van der Waals surface area contributed by atoms with Gasteiger partial charge in [-0.3, -0.25) is 4.79 Å². The SMILES string of the molecule is C=CCOc1ccc(C(=O)O[C@H](C)C(=O)Nc2cc(C)ccc2C)cc1. The molecule has 0 unspecified atom stereocenters. The maximum absolute atomic E-state index is 12.3. The highest BCUT2D eigenvalue weighted by Gasteiger charge is 2.19. The van der Waals surface area contributed by atoms with Crippen molar-refractivity contribution in [2.24, 2.45) is 0 Å². The standard InChI is InChI=1S/C21H23NO4/c1-5-12-25-18-10-8-17(9-11-18)21(24)26-16(4)20(23)22-19-13-14(2)6-7-15(19)3/h5-11,13,16H,1,12H2,2-4H3,(H,22,23)/t16-/m1/s1. The Morgan fingerprint density at radius 1 is 1.15 bits per heavy atom. The fourth-order valence-electron chi connectivity index (χ4n) is 2.23. The number of ether oxygens (including phenoxy) is 2. The molecule has 0 aliphatic heterocycles. The highest BCUT2D eigenvalue weighted by molar-refractivity contribution is 5.97. The van der Waals surface area contributed by atoms with Gasteiger partial charge in [0, 0.05) is 5.69 Å². The Labute approximate surface area is 153 Å². The van der Waals surface area contributed by atoms with Crippen LogP contribution < -0.4 is 10.1 Å². The molecule has 1 atom stereocenters. The van der Waals surface area contributed by atoms with Crippen molar-refractivity contribution >= 4 is 17.6 Å². The van der Waals surface area contributed by atoms with Crippen LogP contribution in [0.2, 0.25) is 0 Å². The summed E-state index contributed by atoms with van der Waals surface area (Å²) >= 11 is 0. The van der Waals surface area contributed by atoms with Crippen LogP contribution in [0.25, 0.3) is 0 Å². The first-order valence-electron chi connectivity index (χ1n) is 8.33. The molecule has 2 aromatic carbocycles. The molecule has 1 N–H and O–H groups in total. The quantitative estimate of drug-likeness (QED) is 0.602. The first-order chi connectivity index (χ1) is 12.4. The lowest BCUT2D eigenvalue weighted by atomic mass is 10.1. The second kappa shape index (κ2) is 8.85.